The molecule has 5 heteroatoms. The molecule has 2 amide bonds. The van der Waals surface area contributed by atoms with Gasteiger partial charge >= 0.3 is 0 Å². The minimum Gasteiger partial charge on any atom is -0.354 e. The zero-order chi connectivity index (χ0) is 17.4. The fourth-order valence-corrected chi connectivity index (χ4v) is 2.86. The van der Waals surface area contributed by atoms with E-state index in [2.05, 4.69) is 17.5 Å². The number of hydrogen-bond donors (Lipinski definition) is 1. The Kier molecular flexibility index (Phi) is 6.56. The molecule has 0 bridgehead atoms. The van der Waals surface area contributed by atoms with Crippen LogP contribution < -0.4 is 10.2 Å². The van der Waals surface area contributed by atoms with Gasteiger partial charge in [-0.2, -0.15) is 5.26 Å². The predicted molar refractivity (Wildman–Crippen MR) is 93.4 cm³/mol. The van der Waals surface area contributed by atoms with Crippen molar-refractivity contribution in [2.24, 2.45) is 0 Å². The topological polar surface area (TPSA) is 73.2 Å². The first-order valence-electron chi connectivity index (χ1n) is 8.33. The summed E-state index contributed by atoms with van der Waals surface area (Å²) in [4.78, 5) is 25.4. The number of hydrogen-bond acceptors (Lipinski definition) is 3. The second kappa shape index (κ2) is 8.88. The molecule has 0 atom stereocenters. The van der Waals surface area contributed by atoms with Crippen molar-refractivity contribution in [3.8, 4) is 6.07 Å². The number of benzene rings is 1. The van der Waals surface area contributed by atoms with Gasteiger partial charge in [-0.05, 0) is 44.2 Å². The van der Waals surface area contributed by atoms with E-state index in [1.807, 2.05) is 0 Å². The van der Waals surface area contributed by atoms with Gasteiger partial charge in [0.25, 0.3) is 0 Å². The molecule has 0 heterocycles. The maximum Gasteiger partial charge on any atom is 0.240 e. The zero-order valence-corrected chi connectivity index (χ0v) is 14.0. The van der Waals surface area contributed by atoms with Crippen LogP contribution in [0.25, 0.3) is 0 Å². The van der Waals surface area contributed by atoms with E-state index in [1.165, 1.54) is 30.2 Å². The molecule has 0 saturated carbocycles. The molecule has 1 aliphatic carbocycles. The van der Waals surface area contributed by atoms with Gasteiger partial charge in [0.1, 0.15) is 12.6 Å². The highest BCUT2D eigenvalue weighted by molar-refractivity contribution is 5.98. The molecule has 24 heavy (non-hydrogen) atoms. The molecule has 0 saturated heterocycles. The van der Waals surface area contributed by atoms with E-state index in [9.17, 15) is 14.9 Å². The fourth-order valence-electron chi connectivity index (χ4n) is 2.86. The third kappa shape index (κ3) is 4.95. The van der Waals surface area contributed by atoms with E-state index in [0.717, 1.165) is 19.3 Å². The Labute approximate surface area is 143 Å². The van der Waals surface area contributed by atoms with E-state index in [1.54, 1.807) is 24.3 Å². The number of allylic oxidation sites excluding steroid dienone is 1. The van der Waals surface area contributed by atoms with E-state index in [0.29, 0.717) is 17.8 Å². The highest BCUT2D eigenvalue weighted by Crippen LogP contribution is 2.20. The average molecular weight is 325 g/mol. The van der Waals surface area contributed by atoms with Gasteiger partial charge in [-0.1, -0.05) is 23.8 Å². The van der Waals surface area contributed by atoms with Crippen LogP contribution in [0.15, 0.2) is 35.9 Å². The summed E-state index contributed by atoms with van der Waals surface area (Å²) >= 11 is 0. The molecule has 0 unspecified atom stereocenters. The SMILES string of the molecule is CC(=O)N(CC(=O)NCCC1=CCCCC1)c1ccccc1C#N. The maximum absolute atomic E-state index is 12.2. The molecule has 0 aromatic heterocycles. The minimum absolute atomic E-state index is 0.0763. The summed E-state index contributed by atoms with van der Waals surface area (Å²) in [6, 6.07) is 8.86. The van der Waals surface area contributed by atoms with E-state index < -0.39 is 0 Å². The zero-order valence-electron chi connectivity index (χ0n) is 14.0. The Balaban J connectivity index is 1.93. The summed E-state index contributed by atoms with van der Waals surface area (Å²) in [6.07, 6.45) is 7.85. The van der Waals surface area contributed by atoms with E-state index in [4.69, 9.17) is 0 Å². The predicted octanol–water partition coefficient (Wildman–Crippen LogP) is 2.92. The molecule has 1 aliphatic rings. The quantitative estimate of drug-likeness (QED) is 0.817. The summed E-state index contributed by atoms with van der Waals surface area (Å²) in [5.74, 6) is -0.475. The summed E-state index contributed by atoms with van der Waals surface area (Å²) in [6.45, 7) is 1.90. The lowest BCUT2D eigenvalue weighted by molar-refractivity contribution is -0.123. The third-order valence-corrected chi connectivity index (χ3v) is 4.15. The number of nitriles is 1. The minimum atomic E-state index is -0.261. The maximum atomic E-state index is 12.2. The van der Waals surface area contributed by atoms with Gasteiger partial charge in [0.05, 0.1) is 11.3 Å². The Hall–Kier alpha value is -2.61. The largest absolute Gasteiger partial charge is 0.354 e. The Morgan fingerprint density at radius 1 is 1.29 bits per heavy atom. The average Bonchev–Trinajstić information content (AvgIpc) is 2.60. The highest BCUT2D eigenvalue weighted by Gasteiger charge is 2.18. The number of nitrogens with one attached hydrogen (secondary N) is 1. The second-order valence-corrected chi connectivity index (χ2v) is 5.94. The van der Waals surface area contributed by atoms with Gasteiger partial charge in [0.2, 0.25) is 11.8 Å². The van der Waals surface area contributed by atoms with Crippen LogP contribution >= 0.6 is 0 Å². The summed E-state index contributed by atoms with van der Waals surface area (Å²) in [5.41, 5.74) is 2.25. The Morgan fingerprint density at radius 2 is 2.08 bits per heavy atom. The third-order valence-electron chi connectivity index (χ3n) is 4.15. The van der Waals surface area contributed by atoms with E-state index >= 15 is 0 Å². The number of amides is 2. The van der Waals surface area contributed by atoms with Crippen molar-refractivity contribution in [1.82, 2.24) is 5.32 Å². The van der Waals surface area contributed by atoms with Crippen molar-refractivity contribution in [3.63, 3.8) is 0 Å². The molecule has 0 spiro atoms. The van der Waals surface area contributed by atoms with Crippen molar-refractivity contribution in [2.75, 3.05) is 18.0 Å². The number of para-hydroxylation sites is 1. The summed E-state index contributed by atoms with van der Waals surface area (Å²) in [7, 11) is 0. The molecule has 0 aliphatic heterocycles. The summed E-state index contributed by atoms with van der Waals surface area (Å²) in [5, 5.41) is 12.0. The molecule has 0 fully saturated rings. The van der Waals surface area contributed by atoms with Gasteiger partial charge < -0.3 is 10.2 Å². The first kappa shape index (κ1) is 17.7. The van der Waals surface area contributed by atoms with Gasteiger partial charge in [-0.3, -0.25) is 9.59 Å². The van der Waals surface area contributed by atoms with Crippen LogP contribution in [0.5, 0.6) is 0 Å². The highest BCUT2D eigenvalue weighted by atomic mass is 16.2. The normalized spacial score (nSPS) is 13.6. The first-order valence-corrected chi connectivity index (χ1v) is 8.33. The number of nitrogens with zero attached hydrogens (tertiary/aromatic N) is 2. The lowest BCUT2D eigenvalue weighted by atomic mass is 9.97. The molecule has 1 aromatic carbocycles. The molecule has 5 nitrogen and oxygen atoms in total. The van der Waals surface area contributed by atoms with Crippen molar-refractivity contribution < 1.29 is 9.59 Å². The monoisotopic (exact) mass is 325 g/mol. The van der Waals surface area contributed by atoms with Crippen molar-refractivity contribution in [3.05, 3.63) is 41.5 Å². The first-order chi connectivity index (χ1) is 11.6. The van der Waals surface area contributed by atoms with Crippen LogP contribution in [-0.4, -0.2) is 24.9 Å². The molecular formula is C19H23N3O2. The summed E-state index contributed by atoms with van der Waals surface area (Å²) < 4.78 is 0. The molecule has 1 aromatic rings. The standard InChI is InChI=1S/C19H23N3O2/c1-15(23)22(18-10-6-5-9-17(18)13-20)14-19(24)21-12-11-16-7-3-2-4-8-16/h5-7,9-10H,2-4,8,11-12,14H2,1H3,(H,21,24). The van der Waals surface area contributed by atoms with Crippen molar-refractivity contribution in [2.45, 2.75) is 39.0 Å². The van der Waals surface area contributed by atoms with Crippen molar-refractivity contribution in [1.29, 1.82) is 5.26 Å². The molecule has 1 N–H and O–H groups in total. The molecule has 126 valence electrons. The van der Waals surface area contributed by atoms with E-state index in [-0.39, 0.29) is 18.4 Å². The van der Waals surface area contributed by atoms with Crippen LogP contribution in [0.3, 0.4) is 0 Å². The second-order valence-electron chi connectivity index (χ2n) is 5.94. The van der Waals surface area contributed by atoms with Crippen LogP contribution in [0.1, 0.15) is 44.6 Å². The number of rotatable bonds is 6. The molecular weight excluding hydrogens is 302 g/mol. The molecule has 0 radical (unpaired) electrons. The van der Waals surface area contributed by atoms with Crippen LogP contribution in [0, 0.1) is 11.3 Å². The van der Waals surface area contributed by atoms with Gasteiger partial charge in [-0.25, -0.2) is 0 Å². The van der Waals surface area contributed by atoms with Crippen LogP contribution in [0.2, 0.25) is 0 Å². The van der Waals surface area contributed by atoms with Gasteiger partial charge in [0.15, 0.2) is 0 Å². The number of anilines is 1. The lowest BCUT2D eigenvalue weighted by Crippen LogP contribution is -2.40. The van der Waals surface area contributed by atoms with Crippen molar-refractivity contribution >= 4 is 17.5 Å². The lowest BCUT2D eigenvalue weighted by Gasteiger charge is -2.22. The Morgan fingerprint density at radius 3 is 2.75 bits per heavy atom. The van der Waals surface area contributed by atoms with Crippen LogP contribution in [0.4, 0.5) is 5.69 Å². The van der Waals surface area contributed by atoms with Crippen LogP contribution in [-0.2, 0) is 9.59 Å². The smallest absolute Gasteiger partial charge is 0.240 e. The Bertz CT molecular complexity index is 673. The van der Waals surface area contributed by atoms with Gasteiger partial charge in [-0.15, -0.1) is 0 Å². The number of carbonyl (C=O) groups is 2. The van der Waals surface area contributed by atoms with Gasteiger partial charge in [0, 0.05) is 13.5 Å². The fraction of sp³-hybridized carbons (Fsp3) is 0.421. The molecule has 2 rings (SSSR count). The number of carbonyl (C=O) groups excluding carboxylic acids is 2.